The molecule has 0 aliphatic heterocycles. The molecule has 1 N–H and O–H groups in total. The summed E-state index contributed by atoms with van der Waals surface area (Å²) in [6.45, 7) is 0. The van der Waals surface area contributed by atoms with Crippen LogP contribution in [0, 0.1) is 10.1 Å². The van der Waals surface area contributed by atoms with Crippen LogP contribution in [0.1, 0.15) is 10.4 Å². The highest BCUT2D eigenvalue weighted by molar-refractivity contribution is 6.00. The predicted molar refractivity (Wildman–Crippen MR) is 88.3 cm³/mol. The number of phenols is 1. The number of nitro benzene ring substituents is 1. The fourth-order valence-electron chi connectivity index (χ4n) is 2.29. The fraction of sp³-hybridized carbons (Fsp3) is 0. The molecule has 0 amide bonds. The minimum absolute atomic E-state index is 0.0472. The molecule has 7 heteroatoms. The van der Waals surface area contributed by atoms with Crippen LogP contribution in [0.2, 0.25) is 0 Å². The van der Waals surface area contributed by atoms with Crippen LogP contribution < -0.4 is 0 Å². The topological polar surface area (TPSA) is 105 Å². The highest BCUT2D eigenvalue weighted by Gasteiger charge is 2.11. The number of benzene rings is 3. The molecule has 7 nitrogen and oxygen atoms in total. The van der Waals surface area contributed by atoms with Gasteiger partial charge in [0.25, 0.3) is 5.69 Å². The van der Waals surface area contributed by atoms with Gasteiger partial charge in [-0.2, -0.15) is 0 Å². The summed E-state index contributed by atoms with van der Waals surface area (Å²) in [5, 5.41) is 30.1. The second-order valence-corrected chi connectivity index (χ2v) is 4.97. The molecule has 0 saturated heterocycles. The van der Waals surface area contributed by atoms with Gasteiger partial charge < -0.3 is 5.11 Å². The Hall–Kier alpha value is -3.61. The van der Waals surface area contributed by atoms with Gasteiger partial charge in [-0.1, -0.05) is 30.3 Å². The lowest BCUT2D eigenvalue weighted by atomic mass is 10.1. The van der Waals surface area contributed by atoms with Crippen LogP contribution in [0.5, 0.6) is 5.75 Å². The predicted octanol–water partition coefficient (Wildman–Crippen LogP) is 4.68. The summed E-state index contributed by atoms with van der Waals surface area (Å²) in [6, 6.07) is 14.2. The van der Waals surface area contributed by atoms with E-state index in [0.29, 0.717) is 17.5 Å². The van der Waals surface area contributed by atoms with Gasteiger partial charge in [0.15, 0.2) is 6.29 Å². The first kappa shape index (κ1) is 15.3. The Morgan fingerprint density at radius 1 is 1.04 bits per heavy atom. The number of aldehydes is 1. The van der Waals surface area contributed by atoms with E-state index in [0.717, 1.165) is 16.8 Å². The number of nitro groups is 1. The molecule has 118 valence electrons. The van der Waals surface area contributed by atoms with Crippen molar-refractivity contribution in [1.82, 2.24) is 0 Å². The second-order valence-electron chi connectivity index (χ2n) is 4.97. The van der Waals surface area contributed by atoms with Crippen molar-refractivity contribution in [3.05, 3.63) is 70.3 Å². The summed E-state index contributed by atoms with van der Waals surface area (Å²) in [4.78, 5) is 21.5. The van der Waals surface area contributed by atoms with E-state index in [1.165, 1.54) is 12.1 Å². The summed E-state index contributed by atoms with van der Waals surface area (Å²) in [5.74, 6) is -0.239. The average molecular weight is 321 g/mol. The second kappa shape index (κ2) is 6.25. The summed E-state index contributed by atoms with van der Waals surface area (Å²) in [7, 11) is 0. The van der Waals surface area contributed by atoms with Crippen LogP contribution in [0.4, 0.5) is 17.1 Å². The summed E-state index contributed by atoms with van der Waals surface area (Å²) in [6.07, 6.45) is 0.661. The number of hydrogen-bond donors (Lipinski definition) is 1. The first-order chi connectivity index (χ1) is 11.6. The molecule has 0 aliphatic rings. The molecule has 24 heavy (non-hydrogen) atoms. The molecule has 0 spiro atoms. The lowest BCUT2D eigenvalue weighted by molar-refractivity contribution is -0.384. The van der Waals surface area contributed by atoms with Gasteiger partial charge >= 0.3 is 0 Å². The normalized spacial score (nSPS) is 11.0. The first-order valence-corrected chi connectivity index (χ1v) is 6.96. The Morgan fingerprint density at radius 2 is 1.83 bits per heavy atom. The Morgan fingerprint density at radius 3 is 2.58 bits per heavy atom. The number of aromatic hydroxyl groups is 1. The standard InChI is InChI=1S/C17H11N3O4/c21-10-12-6-5-11-3-1-2-4-14(11)17(12)19-18-15-9-13(20(23)24)7-8-16(15)22/h1-10,22H. The van der Waals surface area contributed by atoms with Crippen molar-refractivity contribution in [2.24, 2.45) is 10.2 Å². The molecule has 3 rings (SSSR count). The van der Waals surface area contributed by atoms with Crippen molar-refractivity contribution >= 4 is 34.1 Å². The molecule has 0 atom stereocenters. The fourth-order valence-corrected chi connectivity index (χ4v) is 2.29. The van der Waals surface area contributed by atoms with Crippen molar-refractivity contribution in [3.8, 4) is 5.75 Å². The van der Waals surface area contributed by atoms with Crippen LogP contribution in [-0.4, -0.2) is 16.3 Å². The molecule has 0 aromatic heterocycles. The molecule has 0 fully saturated rings. The van der Waals surface area contributed by atoms with Crippen molar-refractivity contribution in [2.45, 2.75) is 0 Å². The zero-order valence-corrected chi connectivity index (χ0v) is 12.3. The van der Waals surface area contributed by atoms with E-state index in [4.69, 9.17) is 0 Å². The highest BCUT2D eigenvalue weighted by atomic mass is 16.6. The molecule has 0 aliphatic carbocycles. The van der Waals surface area contributed by atoms with E-state index in [9.17, 15) is 20.0 Å². The van der Waals surface area contributed by atoms with E-state index >= 15 is 0 Å². The third-order valence-corrected chi connectivity index (χ3v) is 3.49. The monoisotopic (exact) mass is 321 g/mol. The number of carbonyl (C=O) groups excluding carboxylic acids is 1. The van der Waals surface area contributed by atoms with E-state index in [1.54, 1.807) is 24.3 Å². The molecule has 0 bridgehead atoms. The van der Waals surface area contributed by atoms with Gasteiger partial charge in [0.05, 0.1) is 4.92 Å². The third-order valence-electron chi connectivity index (χ3n) is 3.49. The third kappa shape index (κ3) is 2.82. The summed E-state index contributed by atoms with van der Waals surface area (Å²) >= 11 is 0. The van der Waals surface area contributed by atoms with Crippen LogP contribution in [-0.2, 0) is 0 Å². The van der Waals surface area contributed by atoms with Crippen LogP contribution in [0.25, 0.3) is 10.8 Å². The minimum atomic E-state index is -0.590. The van der Waals surface area contributed by atoms with Crippen LogP contribution in [0.15, 0.2) is 64.8 Å². The maximum absolute atomic E-state index is 11.3. The molecule has 0 heterocycles. The largest absolute Gasteiger partial charge is 0.506 e. The maximum Gasteiger partial charge on any atom is 0.271 e. The van der Waals surface area contributed by atoms with Gasteiger partial charge in [0, 0.05) is 23.1 Å². The van der Waals surface area contributed by atoms with Gasteiger partial charge in [-0.25, -0.2) is 0 Å². The van der Waals surface area contributed by atoms with Gasteiger partial charge in [0.2, 0.25) is 0 Å². The Balaban J connectivity index is 2.13. The molecule has 3 aromatic rings. The maximum atomic E-state index is 11.3. The molecule has 0 saturated carbocycles. The Kier molecular flexibility index (Phi) is 3.98. The number of non-ortho nitro benzene ring substituents is 1. The minimum Gasteiger partial charge on any atom is -0.506 e. The molecular formula is C17H11N3O4. The lowest BCUT2D eigenvalue weighted by Crippen LogP contribution is -1.86. The highest BCUT2D eigenvalue weighted by Crippen LogP contribution is 2.34. The van der Waals surface area contributed by atoms with Gasteiger partial charge in [-0.3, -0.25) is 14.9 Å². The van der Waals surface area contributed by atoms with E-state index in [-0.39, 0.29) is 17.1 Å². The van der Waals surface area contributed by atoms with Gasteiger partial charge in [-0.05, 0) is 17.5 Å². The SMILES string of the molecule is O=Cc1ccc2ccccc2c1N=Nc1cc([N+](=O)[O-])ccc1O. The van der Waals surface area contributed by atoms with Gasteiger partial charge in [0.1, 0.15) is 17.1 Å². The zero-order chi connectivity index (χ0) is 17.1. The van der Waals surface area contributed by atoms with Crippen LogP contribution >= 0.6 is 0 Å². The number of carbonyl (C=O) groups is 1. The molecule has 3 aromatic carbocycles. The smallest absolute Gasteiger partial charge is 0.271 e. The first-order valence-electron chi connectivity index (χ1n) is 6.96. The number of fused-ring (bicyclic) bond motifs is 1. The van der Waals surface area contributed by atoms with Crippen molar-refractivity contribution < 1.29 is 14.8 Å². The quantitative estimate of drug-likeness (QED) is 0.326. The van der Waals surface area contributed by atoms with E-state index in [2.05, 4.69) is 10.2 Å². The molecular weight excluding hydrogens is 310 g/mol. The van der Waals surface area contributed by atoms with Crippen LogP contribution in [0.3, 0.4) is 0 Å². The number of hydrogen-bond acceptors (Lipinski definition) is 6. The summed E-state index contributed by atoms with van der Waals surface area (Å²) in [5.41, 5.74) is 0.417. The van der Waals surface area contributed by atoms with Crippen molar-refractivity contribution in [1.29, 1.82) is 0 Å². The van der Waals surface area contributed by atoms with Crippen molar-refractivity contribution in [2.75, 3.05) is 0 Å². The van der Waals surface area contributed by atoms with Crippen molar-refractivity contribution in [3.63, 3.8) is 0 Å². The average Bonchev–Trinajstić information content (AvgIpc) is 2.60. The number of azo groups is 1. The van der Waals surface area contributed by atoms with E-state index in [1.807, 2.05) is 12.1 Å². The summed E-state index contributed by atoms with van der Waals surface area (Å²) < 4.78 is 0. The number of phenolic OH excluding ortho intramolecular Hbond substituents is 1. The zero-order valence-electron chi connectivity index (χ0n) is 12.3. The lowest BCUT2D eigenvalue weighted by Gasteiger charge is -2.04. The Labute approximate surface area is 136 Å². The van der Waals surface area contributed by atoms with Gasteiger partial charge in [-0.15, -0.1) is 10.2 Å². The number of nitrogens with zero attached hydrogens (tertiary/aromatic N) is 3. The molecule has 0 unspecified atom stereocenters. The number of rotatable bonds is 4. The Bertz CT molecular complexity index is 983. The molecule has 0 radical (unpaired) electrons. The van der Waals surface area contributed by atoms with E-state index < -0.39 is 4.92 Å².